The summed E-state index contributed by atoms with van der Waals surface area (Å²) >= 11 is 0. The van der Waals surface area contributed by atoms with Crippen molar-refractivity contribution in [2.24, 2.45) is 5.92 Å². The van der Waals surface area contributed by atoms with Crippen LogP contribution in [-0.4, -0.2) is 56.9 Å². The van der Waals surface area contributed by atoms with Gasteiger partial charge in [0.15, 0.2) is 5.78 Å². The number of ketones is 2. The molecule has 3 rings (SSSR count). The normalized spacial score (nSPS) is 18.4. The Labute approximate surface area is 181 Å². The molecule has 1 heterocycles. The smallest absolute Gasteiger partial charge is 0.291 e. The predicted molar refractivity (Wildman–Crippen MR) is 114 cm³/mol. The summed E-state index contributed by atoms with van der Waals surface area (Å²) in [6.07, 6.45) is 0.560. The number of rotatable bonds is 9. The monoisotopic (exact) mass is 425 g/mol. The van der Waals surface area contributed by atoms with E-state index in [1.807, 2.05) is 6.92 Å². The molecular formula is C24H27NO6. The zero-order valence-corrected chi connectivity index (χ0v) is 18.2. The Hall–Kier alpha value is -3.19. The molecule has 1 amide bonds. The second-order valence-electron chi connectivity index (χ2n) is 7.45. The van der Waals surface area contributed by atoms with E-state index in [0.29, 0.717) is 42.2 Å². The van der Waals surface area contributed by atoms with Crippen LogP contribution in [0, 0.1) is 12.8 Å². The van der Waals surface area contributed by atoms with E-state index in [9.17, 15) is 14.4 Å². The molecule has 7 heteroatoms. The molecule has 0 aliphatic carbocycles. The van der Waals surface area contributed by atoms with E-state index in [4.69, 9.17) is 14.2 Å². The van der Waals surface area contributed by atoms with Crippen molar-refractivity contribution in [3.05, 3.63) is 59.2 Å². The van der Waals surface area contributed by atoms with Crippen molar-refractivity contribution in [3.63, 3.8) is 0 Å². The Balaban J connectivity index is 2.01. The lowest BCUT2D eigenvalue weighted by Gasteiger charge is -2.27. The summed E-state index contributed by atoms with van der Waals surface area (Å²) in [5.41, 5.74) is 1.87. The lowest BCUT2D eigenvalue weighted by molar-refractivity contribution is -0.140. The Morgan fingerprint density at radius 2 is 1.71 bits per heavy atom. The van der Waals surface area contributed by atoms with E-state index >= 15 is 0 Å². The molecule has 0 radical (unpaired) electrons. The third kappa shape index (κ3) is 4.46. The number of hydrogen-bond donors (Lipinski definition) is 0. The van der Waals surface area contributed by atoms with Crippen molar-refractivity contribution in [1.29, 1.82) is 0 Å². The Kier molecular flexibility index (Phi) is 7.07. The van der Waals surface area contributed by atoms with Gasteiger partial charge in [-0.1, -0.05) is 12.1 Å². The van der Waals surface area contributed by atoms with Crippen LogP contribution >= 0.6 is 0 Å². The summed E-state index contributed by atoms with van der Waals surface area (Å²) in [7, 11) is 4.70. The molecule has 2 aromatic rings. The minimum atomic E-state index is -1.11. The molecule has 1 aliphatic rings. The van der Waals surface area contributed by atoms with Crippen molar-refractivity contribution in [3.8, 4) is 11.5 Å². The number of benzene rings is 2. The first-order chi connectivity index (χ1) is 14.9. The summed E-state index contributed by atoms with van der Waals surface area (Å²) in [4.78, 5) is 40.8. The number of nitrogens with zero attached hydrogens (tertiary/aromatic N) is 1. The average Bonchev–Trinajstić information content (AvgIpc) is 3.03. The quantitative estimate of drug-likeness (QED) is 0.266. The third-order valence-electron chi connectivity index (χ3n) is 5.57. The first-order valence-corrected chi connectivity index (χ1v) is 10.1. The van der Waals surface area contributed by atoms with E-state index in [-0.39, 0.29) is 5.78 Å². The van der Waals surface area contributed by atoms with Crippen LogP contribution < -0.4 is 9.47 Å². The summed E-state index contributed by atoms with van der Waals surface area (Å²) in [5.74, 6) is -1.51. The van der Waals surface area contributed by atoms with E-state index < -0.39 is 23.7 Å². The zero-order chi connectivity index (χ0) is 22.5. The lowest BCUT2D eigenvalue weighted by Crippen LogP contribution is -2.32. The van der Waals surface area contributed by atoms with Gasteiger partial charge in [-0.05, 0) is 54.8 Å². The van der Waals surface area contributed by atoms with E-state index in [0.717, 1.165) is 5.56 Å². The number of ether oxygens (including phenoxy) is 3. The van der Waals surface area contributed by atoms with Crippen LogP contribution in [0.2, 0.25) is 0 Å². The maximum Gasteiger partial charge on any atom is 0.291 e. The van der Waals surface area contributed by atoms with E-state index in [2.05, 4.69) is 0 Å². The molecule has 0 saturated carbocycles. The number of likely N-dealkylation sites (tertiary alicyclic amines) is 1. The van der Waals surface area contributed by atoms with Crippen molar-refractivity contribution >= 4 is 17.5 Å². The van der Waals surface area contributed by atoms with Crippen LogP contribution in [0.25, 0.3) is 0 Å². The SMILES string of the molecule is COCCCN1C(=O)C(=O)C(C(=O)c2ccc(OC)c(C)c2)C1c1ccc(OC)cc1. The lowest BCUT2D eigenvalue weighted by atomic mass is 9.86. The predicted octanol–water partition coefficient (Wildman–Crippen LogP) is 3.00. The first-order valence-electron chi connectivity index (χ1n) is 10.1. The standard InChI is InChI=1S/C24H27NO6/c1-15-14-17(8-11-19(15)31-4)22(26)20-21(16-6-9-18(30-3)10-7-16)25(12-5-13-29-2)24(28)23(20)27/h6-11,14,20-21H,5,12-13H2,1-4H3. The van der Waals surface area contributed by atoms with E-state index in [1.54, 1.807) is 63.8 Å². The van der Waals surface area contributed by atoms with Gasteiger partial charge in [-0.15, -0.1) is 0 Å². The summed E-state index contributed by atoms with van der Waals surface area (Å²) in [5, 5.41) is 0. The number of amides is 1. The van der Waals surface area contributed by atoms with Gasteiger partial charge < -0.3 is 19.1 Å². The maximum absolute atomic E-state index is 13.4. The molecule has 2 atom stereocenters. The molecule has 164 valence electrons. The van der Waals surface area contributed by atoms with Gasteiger partial charge in [0.25, 0.3) is 5.91 Å². The molecule has 2 aromatic carbocycles. The Morgan fingerprint density at radius 3 is 2.29 bits per heavy atom. The van der Waals surface area contributed by atoms with Crippen LogP contribution in [0.15, 0.2) is 42.5 Å². The van der Waals surface area contributed by atoms with Crippen molar-refractivity contribution < 1.29 is 28.6 Å². The van der Waals surface area contributed by atoms with Gasteiger partial charge in [-0.25, -0.2) is 0 Å². The van der Waals surface area contributed by atoms with Gasteiger partial charge in [-0.3, -0.25) is 14.4 Å². The number of aryl methyl sites for hydroxylation is 1. The highest BCUT2D eigenvalue weighted by Gasteiger charge is 2.51. The molecule has 1 aliphatic heterocycles. The summed E-state index contributed by atoms with van der Waals surface area (Å²) in [6.45, 7) is 2.60. The molecule has 0 spiro atoms. The highest BCUT2D eigenvalue weighted by Crippen LogP contribution is 2.39. The topological polar surface area (TPSA) is 82.1 Å². The van der Waals surface area contributed by atoms with Crippen LogP contribution in [0.3, 0.4) is 0 Å². The van der Waals surface area contributed by atoms with Crippen LogP contribution in [0.5, 0.6) is 11.5 Å². The Bertz CT molecular complexity index is 969. The van der Waals surface area contributed by atoms with Crippen LogP contribution in [0.1, 0.15) is 33.9 Å². The number of carbonyl (C=O) groups is 3. The molecular weight excluding hydrogens is 398 g/mol. The number of carbonyl (C=O) groups excluding carboxylic acids is 3. The summed E-state index contributed by atoms with van der Waals surface area (Å²) in [6, 6.07) is 11.4. The van der Waals surface area contributed by atoms with Gasteiger partial charge in [0.2, 0.25) is 5.78 Å². The largest absolute Gasteiger partial charge is 0.497 e. The fourth-order valence-corrected chi connectivity index (χ4v) is 3.99. The highest BCUT2D eigenvalue weighted by atomic mass is 16.5. The van der Waals surface area contributed by atoms with Gasteiger partial charge in [0, 0.05) is 25.8 Å². The second-order valence-corrected chi connectivity index (χ2v) is 7.45. The third-order valence-corrected chi connectivity index (χ3v) is 5.57. The average molecular weight is 425 g/mol. The zero-order valence-electron chi connectivity index (χ0n) is 18.2. The molecule has 1 fully saturated rings. The second kappa shape index (κ2) is 9.75. The molecule has 2 unspecified atom stereocenters. The van der Waals surface area contributed by atoms with Gasteiger partial charge in [0.05, 0.1) is 20.3 Å². The van der Waals surface area contributed by atoms with Crippen molar-refractivity contribution in [1.82, 2.24) is 4.90 Å². The number of Topliss-reactive ketones (excluding diaryl/α,β-unsaturated/α-hetero) is 2. The molecule has 0 bridgehead atoms. The highest BCUT2D eigenvalue weighted by molar-refractivity contribution is 6.44. The van der Waals surface area contributed by atoms with Crippen LogP contribution in [-0.2, 0) is 14.3 Å². The Morgan fingerprint density at radius 1 is 1.00 bits per heavy atom. The minimum Gasteiger partial charge on any atom is -0.497 e. The number of hydrogen-bond acceptors (Lipinski definition) is 6. The van der Waals surface area contributed by atoms with Gasteiger partial charge in [0.1, 0.15) is 17.4 Å². The van der Waals surface area contributed by atoms with Gasteiger partial charge in [-0.2, -0.15) is 0 Å². The molecule has 31 heavy (non-hydrogen) atoms. The molecule has 1 saturated heterocycles. The maximum atomic E-state index is 13.4. The molecule has 7 nitrogen and oxygen atoms in total. The van der Waals surface area contributed by atoms with Gasteiger partial charge >= 0.3 is 0 Å². The fourth-order valence-electron chi connectivity index (χ4n) is 3.99. The summed E-state index contributed by atoms with van der Waals surface area (Å²) < 4.78 is 15.6. The van der Waals surface area contributed by atoms with Crippen molar-refractivity contribution in [2.45, 2.75) is 19.4 Å². The number of methoxy groups -OCH3 is 3. The van der Waals surface area contributed by atoms with Crippen LogP contribution in [0.4, 0.5) is 0 Å². The first kappa shape index (κ1) is 22.5. The molecule has 0 aromatic heterocycles. The van der Waals surface area contributed by atoms with Crippen molar-refractivity contribution in [2.75, 3.05) is 34.5 Å². The molecule has 0 N–H and O–H groups in total. The fraction of sp³-hybridized carbons (Fsp3) is 0.375. The minimum absolute atomic E-state index is 0.320. The van der Waals surface area contributed by atoms with E-state index in [1.165, 1.54) is 4.90 Å².